The van der Waals surface area contributed by atoms with Gasteiger partial charge in [0.25, 0.3) is 10.1 Å². The Morgan fingerprint density at radius 2 is 1.35 bits per heavy atom. The van der Waals surface area contributed by atoms with E-state index in [0.717, 1.165) is 11.1 Å². The van der Waals surface area contributed by atoms with Crippen molar-refractivity contribution in [3.63, 3.8) is 0 Å². The van der Waals surface area contributed by atoms with Crippen molar-refractivity contribution in [2.24, 2.45) is 0 Å². The molecular formula is C25H24O7S2. The number of hydrogen-bond donors (Lipinski definition) is 0. The van der Waals surface area contributed by atoms with Crippen molar-refractivity contribution in [3.05, 3.63) is 89.5 Å². The molecule has 0 amide bonds. The molecule has 1 aliphatic heterocycles. The first kappa shape index (κ1) is 24.0. The van der Waals surface area contributed by atoms with Gasteiger partial charge in [0.2, 0.25) is 0 Å². The van der Waals surface area contributed by atoms with E-state index < -0.39 is 25.8 Å². The van der Waals surface area contributed by atoms with E-state index in [0.29, 0.717) is 11.3 Å². The average molecular weight is 501 g/mol. The Kier molecular flexibility index (Phi) is 6.28. The SMILES string of the molecule is Cc1ccc(S(=O)(=O)OCC2(C)C=Cc3cc(OS(=O)(=O)c4ccc(C)cc4)ccc3O2)cc1. The quantitative estimate of drug-likeness (QED) is 0.436. The van der Waals surface area contributed by atoms with Crippen molar-refractivity contribution in [1.82, 2.24) is 0 Å². The van der Waals surface area contributed by atoms with Gasteiger partial charge >= 0.3 is 10.1 Å². The average Bonchev–Trinajstić information content (AvgIpc) is 2.78. The maximum Gasteiger partial charge on any atom is 0.339 e. The van der Waals surface area contributed by atoms with Gasteiger partial charge in [0, 0.05) is 5.56 Å². The van der Waals surface area contributed by atoms with Gasteiger partial charge in [-0.2, -0.15) is 16.8 Å². The predicted molar refractivity (Wildman–Crippen MR) is 128 cm³/mol. The zero-order chi connectivity index (χ0) is 24.6. The molecule has 4 rings (SSSR count). The Morgan fingerprint density at radius 3 is 1.94 bits per heavy atom. The maximum absolute atomic E-state index is 12.6. The van der Waals surface area contributed by atoms with Crippen molar-refractivity contribution < 1.29 is 29.9 Å². The molecule has 0 N–H and O–H groups in total. The van der Waals surface area contributed by atoms with Crippen LogP contribution >= 0.6 is 0 Å². The molecule has 1 heterocycles. The van der Waals surface area contributed by atoms with Gasteiger partial charge in [0.1, 0.15) is 28.6 Å². The second kappa shape index (κ2) is 8.90. The smallest absolute Gasteiger partial charge is 0.339 e. The van der Waals surface area contributed by atoms with Crippen LogP contribution in [0, 0.1) is 13.8 Å². The topological polar surface area (TPSA) is 96.0 Å². The fourth-order valence-corrected chi connectivity index (χ4v) is 5.20. The predicted octanol–water partition coefficient (Wildman–Crippen LogP) is 4.64. The Bertz CT molecular complexity index is 1440. The van der Waals surface area contributed by atoms with E-state index in [-0.39, 0.29) is 22.1 Å². The minimum atomic E-state index is -3.99. The Hall–Kier alpha value is -3.14. The highest BCUT2D eigenvalue weighted by Gasteiger charge is 2.31. The van der Waals surface area contributed by atoms with E-state index in [4.69, 9.17) is 13.1 Å². The normalized spacial score (nSPS) is 17.6. The van der Waals surface area contributed by atoms with Gasteiger partial charge in [-0.15, -0.1) is 0 Å². The van der Waals surface area contributed by atoms with E-state index in [1.54, 1.807) is 55.5 Å². The molecule has 178 valence electrons. The summed E-state index contributed by atoms with van der Waals surface area (Å²) in [5.74, 6) is 0.579. The van der Waals surface area contributed by atoms with E-state index in [1.807, 2.05) is 13.8 Å². The van der Waals surface area contributed by atoms with Crippen LogP contribution in [0.4, 0.5) is 0 Å². The number of fused-ring (bicyclic) bond motifs is 1. The van der Waals surface area contributed by atoms with E-state index in [9.17, 15) is 16.8 Å². The molecule has 1 atom stereocenters. The fourth-order valence-electron chi connectivity index (χ4n) is 3.28. The first-order valence-electron chi connectivity index (χ1n) is 10.5. The molecule has 7 nitrogen and oxygen atoms in total. The van der Waals surface area contributed by atoms with Crippen LogP contribution in [-0.4, -0.2) is 29.0 Å². The lowest BCUT2D eigenvalue weighted by molar-refractivity contribution is 0.0783. The lowest BCUT2D eigenvalue weighted by Crippen LogP contribution is -2.38. The molecular weight excluding hydrogens is 476 g/mol. The highest BCUT2D eigenvalue weighted by atomic mass is 32.2. The highest BCUT2D eigenvalue weighted by Crippen LogP contribution is 2.35. The fraction of sp³-hybridized carbons (Fsp3) is 0.200. The molecule has 0 bridgehead atoms. The molecule has 9 heteroatoms. The van der Waals surface area contributed by atoms with Gasteiger partial charge < -0.3 is 8.92 Å². The third-order valence-electron chi connectivity index (χ3n) is 5.27. The van der Waals surface area contributed by atoms with Crippen molar-refractivity contribution in [3.8, 4) is 11.5 Å². The Balaban J connectivity index is 1.47. The first-order valence-corrected chi connectivity index (χ1v) is 13.3. The summed E-state index contributed by atoms with van der Waals surface area (Å²) < 4.78 is 66.6. The Morgan fingerprint density at radius 1 is 0.794 bits per heavy atom. The van der Waals surface area contributed by atoms with Crippen LogP contribution in [0.15, 0.2) is 82.6 Å². The van der Waals surface area contributed by atoms with Gasteiger partial charge in [-0.1, -0.05) is 41.5 Å². The molecule has 3 aromatic rings. The molecule has 34 heavy (non-hydrogen) atoms. The Labute approximate surface area is 199 Å². The minimum absolute atomic E-state index is 0.0575. The summed E-state index contributed by atoms with van der Waals surface area (Å²) in [6, 6.07) is 17.3. The monoisotopic (exact) mass is 500 g/mol. The molecule has 0 saturated carbocycles. The first-order chi connectivity index (χ1) is 16.0. The van der Waals surface area contributed by atoms with Crippen LogP contribution in [0.25, 0.3) is 6.08 Å². The van der Waals surface area contributed by atoms with Crippen molar-refractivity contribution in [1.29, 1.82) is 0 Å². The zero-order valence-electron chi connectivity index (χ0n) is 18.9. The highest BCUT2D eigenvalue weighted by molar-refractivity contribution is 7.87. The number of ether oxygens (including phenoxy) is 1. The third-order valence-corrected chi connectivity index (χ3v) is 7.80. The third kappa shape index (κ3) is 5.32. The number of hydrogen-bond acceptors (Lipinski definition) is 7. The van der Waals surface area contributed by atoms with Crippen LogP contribution in [0.1, 0.15) is 23.6 Å². The summed E-state index contributed by atoms with van der Waals surface area (Å²) in [7, 11) is -7.93. The zero-order valence-corrected chi connectivity index (χ0v) is 20.5. The van der Waals surface area contributed by atoms with Crippen LogP contribution in [0.3, 0.4) is 0 Å². The van der Waals surface area contributed by atoms with Gasteiger partial charge in [0.15, 0.2) is 0 Å². The molecule has 0 aromatic heterocycles. The number of aryl methyl sites for hydroxylation is 2. The number of rotatable bonds is 7. The van der Waals surface area contributed by atoms with Gasteiger partial charge in [-0.25, -0.2) is 0 Å². The molecule has 3 aromatic carbocycles. The van der Waals surface area contributed by atoms with Crippen molar-refractivity contribution in [2.45, 2.75) is 36.2 Å². The van der Waals surface area contributed by atoms with Crippen LogP contribution < -0.4 is 8.92 Å². The molecule has 1 aliphatic rings. The van der Waals surface area contributed by atoms with Gasteiger partial charge in [-0.05, 0) is 69.3 Å². The lowest BCUT2D eigenvalue weighted by Gasteiger charge is -2.31. The summed E-state index contributed by atoms with van der Waals surface area (Å²) >= 11 is 0. The van der Waals surface area contributed by atoms with Crippen LogP contribution in [0.2, 0.25) is 0 Å². The summed E-state index contributed by atoms with van der Waals surface area (Å²) in [6.45, 7) is 5.19. The molecule has 1 unspecified atom stereocenters. The summed E-state index contributed by atoms with van der Waals surface area (Å²) in [5, 5.41) is 0. The van der Waals surface area contributed by atoms with E-state index in [2.05, 4.69) is 0 Å². The van der Waals surface area contributed by atoms with Crippen LogP contribution in [-0.2, 0) is 24.4 Å². The standard InChI is InChI=1S/C25H24O7S2/c1-18-4-9-22(10-5-18)33(26,27)30-17-25(3)15-14-20-16-21(8-13-24(20)31-25)32-34(28,29)23-11-6-19(2)7-12-23/h4-16H,17H2,1-3H3. The molecule has 0 saturated heterocycles. The van der Waals surface area contributed by atoms with Crippen molar-refractivity contribution in [2.75, 3.05) is 6.61 Å². The molecule has 0 radical (unpaired) electrons. The number of benzene rings is 3. The second-order valence-corrected chi connectivity index (χ2v) is 11.5. The summed E-state index contributed by atoms with van der Waals surface area (Å²) in [5.41, 5.74) is 1.43. The van der Waals surface area contributed by atoms with E-state index >= 15 is 0 Å². The minimum Gasteiger partial charge on any atom is -0.480 e. The van der Waals surface area contributed by atoms with Crippen molar-refractivity contribution >= 4 is 26.3 Å². The van der Waals surface area contributed by atoms with E-state index in [1.165, 1.54) is 30.3 Å². The largest absolute Gasteiger partial charge is 0.480 e. The summed E-state index contributed by atoms with van der Waals surface area (Å²) in [4.78, 5) is 0.126. The van der Waals surface area contributed by atoms with Crippen LogP contribution in [0.5, 0.6) is 11.5 Å². The molecule has 0 aliphatic carbocycles. The maximum atomic E-state index is 12.6. The lowest BCUT2D eigenvalue weighted by atomic mass is 10.0. The molecule has 0 fully saturated rings. The van der Waals surface area contributed by atoms with Gasteiger partial charge in [0.05, 0.1) is 4.90 Å². The summed E-state index contributed by atoms with van der Waals surface area (Å²) in [6.07, 6.45) is 3.38. The molecule has 0 spiro atoms. The second-order valence-electron chi connectivity index (χ2n) is 8.33. The van der Waals surface area contributed by atoms with Gasteiger partial charge in [-0.3, -0.25) is 4.18 Å².